The Labute approximate surface area is 133 Å². The van der Waals surface area contributed by atoms with Crippen LogP contribution in [-0.4, -0.2) is 6.54 Å². The summed E-state index contributed by atoms with van der Waals surface area (Å²) in [6.07, 6.45) is 3.05. The first-order valence-electron chi connectivity index (χ1n) is 7.17. The van der Waals surface area contributed by atoms with Crippen molar-refractivity contribution in [2.45, 2.75) is 34.1 Å². The molecule has 0 fully saturated rings. The summed E-state index contributed by atoms with van der Waals surface area (Å²) < 4.78 is 0. The first-order valence-corrected chi connectivity index (χ1v) is 7.92. The lowest BCUT2D eigenvalue weighted by atomic mass is 9.83. The Morgan fingerprint density at radius 1 is 1.15 bits per heavy atom. The molecular formula is C17H25Cl2N. The van der Waals surface area contributed by atoms with Crippen LogP contribution in [-0.2, 0) is 0 Å². The van der Waals surface area contributed by atoms with Crippen LogP contribution in [0.25, 0.3) is 0 Å². The van der Waals surface area contributed by atoms with Gasteiger partial charge in [-0.2, -0.15) is 0 Å². The third-order valence-corrected chi connectivity index (χ3v) is 4.72. The van der Waals surface area contributed by atoms with Crippen LogP contribution in [0, 0.1) is 24.7 Å². The average molecular weight is 314 g/mol. The smallest absolute Gasteiger partial charge is 0.0719 e. The van der Waals surface area contributed by atoms with Crippen molar-refractivity contribution in [2.24, 2.45) is 17.8 Å². The van der Waals surface area contributed by atoms with Gasteiger partial charge in [0.05, 0.1) is 15.7 Å². The zero-order chi connectivity index (χ0) is 15.3. The van der Waals surface area contributed by atoms with E-state index < -0.39 is 0 Å². The van der Waals surface area contributed by atoms with E-state index in [0.29, 0.717) is 27.8 Å². The second kappa shape index (κ2) is 7.95. The normalized spacial score (nSPS) is 15.5. The average Bonchev–Trinajstić information content (AvgIpc) is 2.36. The Morgan fingerprint density at radius 2 is 1.70 bits per heavy atom. The van der Waals surface area contributed by atoms with E-state index in [0.717, 1.165) is 24.2 Å². The van der Waals surface area contributed by atoms with Crippen LogP contribution >= 0.6 is 23.2 Å². The van der Waals surface area contributed by atoms with Gasteiger partial charge in [0.15, 0.2) is 0 Å². The van der Waals surface area contributed by atoms with Gasteiger partial charge in [-0.25, -0.2) is 0 Å². The van der Waals surface area contributed by atoms with Crippen LogP contribution in [0.15, 0.2) is 24.8 Å². The fourth-order valence-corrected chi connectivity index (χ4v) is 3.09. The number of nitrogens with one attached hydrogen (secondary N) is 1. The van der Waals surface area contributed by atoms with Crippen LogP contribution in [0.3, 0.4) is 0 Å². The number of halogens is 2. The number of hydrogen-bond donors (Lipinski definition) is 1. The summed E-state index contributed by atoms with van der Waals surface area (Å²) in [5.74, 6) is 1.79. The summed E-state index contributed by atoms with van der Waals surface area (Å²) in [5, 5.41) is 4.77. The van der Waals surface area contributed by atoms with E-state index in [4.69, 9.17) is 23.2 Å². The molecule has 112 valence electrons. The minimum atomic E-state index is 0.540. The topological polar surface area (TPSA) is 12.0 Å². The summed E-state index contributed by atoms with van der Waals surface area (Å²) in [6.45, 7) is 13.5. The number of benzene rings is 1. The predicted molar refractivity (Wildman–Crippen MR) is 92.0 cm³/mol. The number of rotatable bonds is 7. The molecule has 1 aromatic rings. The van der Waals surface area contributed by atoms with Gasteiger partial charge in [-0.1, -0.05) is 50.0 Å². The second-order valence-electron chi connectivity index (χ2n) is 5.82. The summed E-state index contributed by atoms with van der Waals surface area (Å²) in [4.78, 5) is 0. The maximum Gasteiger partial charge on any atom is 0.0719 e. The molecule has 0 bridgehead atoms. The largest absolute Gasteiger partial charge is 0.382 e. The standard InChI is InChI=1S/C17H25Cl2N/c1-6-7-12(3)14(5)13(4)10-20-17-15(18)8-11(2)9-16(17)19/h6,8-9,12-14,20H,1,7,10H2,2-5H3/t12-,13+,14?/m0/s1. The molecule has 1 rings (SSSR count). The monoisotopic (exact) mass is 313 g/mol. The molecule has 0 amide bonds. The van der Waals surface area contributed by atoms with Crippen LogP contribution < -0.4 is 5.32 Å². The number of aryl methyl sites for hydroxylation is 1. The van der Waals surface area contributed by atoms with E-state index in [1.165, 1.54) is 0 Å². The highest BCUT2D eigenvalue weighted by Crippen LogP contribution is 2.32. The molecule has 0 saturated carbocycles. The van der Waals surface area contributed by atoms with Crippen molar-refractivity contribution < 1.29 is 0 Å². The molecule has 3 atom stereocenters. The summed E-state index contributed by atoms with van der Waals surface area (Å²) >= 11 is 12.5. The van der Waals surface area contributed by atoms with Gasteiger partial charge in [-0.15, -0.1) is 6.58 Å². The molecule has 0 spiro atoms. The summed E-state index contributed by atoms with van der Waals surface area (Å²) in [6, 6.07) is 3.87. The minimum Gasteiger partial charge on any atom is -0.382 e. The lowest BCUT2D eigenvalue weighted by molar-refractivity contribution is 0.291. The Bertz CT molecular complexity index is 433. The van der Waals surface area contributed by atoms with E-state index in [2.05, 4.69) is 32.7 Å². The Morgan fingerprint density at radius 3 is 2.20 bits per heavy atom. The quantitative estimate of drug-likeness (QED) is 0.591. The van der Waals surface area contributed by atoms with E-state index in [1.807, 2.05) is 25.1 Å². The van der Waals surface area contributed by atoms with E-state index >= 15 is 0 Å². The molecular weight excluding hydrogens is 289 g/mol. The molecule has 0 radical (unpaired) electrons. The molecule has 0 aliphatic rings. The van der Waals surface area contributed by atoms with E-state index in [1.54, 1.807) is 0 Å². The second-order valence-corrected chi connectivity index (χ2v) is 6.64. The number of hydrogen-bond acceptors (Lipinski definition) is 1. The van der Waals surface area contributed by atoms with Crippen molar-refractivity contribution in [1.29, 1.82) is 0 Å². The first-order chi connectivity index (χ1) is 9.36. The van der Waals surface area contributed by atoms with Crippen LogP contribution in [0.5, 0.6) is 0 Å². The van der Waals surface area contributed by atoms with Crippen molar-refractivity contribution in [3.63, 3.8) is 0 Å². The fraction of sp³-hybridized carbons (Fsp3) is 0.529. The molecule has 0 aliphatic carbocycles. The predicted octanol–water partition coefficient (Wildman–Crippen LogP) is 6.20. The minimum absolute atomic E-state index is 0.540. The van der Waals surface area contributed by atoms with Crippen molar-refractivity contribution in [3.05, 3.63) is 40.4 Å². The molecule has 0 heterocycles. The van der Waals surface area contributed by atoms with E-state index in [9.17, 15) is 0 Å². The van der Waals surface area contributed by atoms with Gasteiger partial charge in [0, 0.05) is 6.54 Å². The molecule has 1 N–H and O–H groups in total. The van der Waals surface area contributed by atoms with Crippen LogP contribution in [0.4, 0.5) is 5.69 Å². The van der Waals surface area contributed by atoms with Gasteiger partial charge in [0.2, 0.25) is 0 Å². The fourth-order valence-electron chi connectivity index (χ4n) is 2.36. The number of allylic oxidation sites excluding steroid dienone is 1. The van der Waals surface area contributed by atoms with Gasteiger partial charge < -0.3 is 5.32 Å². The SMILES string of the molecule is C=CC[C@H](C)C(C)[C@H](C)CNc1c(Cl)cc(C)cc1Cl. The Kier molecular flexibility index (Phi) is 6.91. The maximum absolute atomic E-state index is 6.25. The molecule has 1 unspecified atom stereocenters. The van der Waals surface area contributed by atoms with Crippen molar-refractivity contribution in [2.75, 3.05) is 11.9 Å². The van der Waals surface area contributed by atoms with Crippen LogP contribution in [0.1, 0.15) is 32.8 Å². The maximum atomic E-state index is 6.25. The Balaban J connectivity index is 2.65. The number of anilines is 1. The van der Waals surface area contributed by atoms with Crippen LogP contribution in [0.2, 0.25) is 10.0 Å². The van der Waals surface area contributed by atoms with Gasteiger partial charge >= 0.3 is 0 Å². The van der Waals surface area contributed by atoms with Gasteiger partial charge in [0.1, 0.15) is 0 Å². The molecule has 0 saturated heterocycles. The highest BCUT2D eigenvalue weighted by molar-refractivity contribution is 6.39. The first kappa shape index (κ1) is 17.4. The van der Waals surface area contributed by atoms with Crippen molar-refractivity contribution in [1.82, 2.24) is 0 Å². The highest BCUT2D eigenvalue weighted by atomic mass is 35.5. The Hall–Kier alpha value is -0.660. The summed E-state index contributed by atoms with van der Waals surface area (Å²) in [7, 11) is 0. The third-order valence-electron chi connectivity index (χ3n) is 4.12. The summed E-state index contributed by atoms with van der Waals surface area (Å²) in [5.41, 5.74) is 1.92. The van der Waals surface area contributed by atoms with Crippen molar-refractivity contribution in [3.8, 4) is 0 Å². The molecule has 1 aromatic carbocycles. The molecule has 20 heavy (non-hydrogen) atoms. The lowest BCUT2D eigenvalue weighted by Crippen LogP contribution is -2.23. The van der Waals surface area contributed by atoms with Crippen molar-refractivity contribution >= 4 is 28.9 Å². The van der Waals surface area contributed by atoms with Gasteiger partial charge in [-0.3, -0.25) is 0 Å². The molecule has 1 nitrogen and oxygen atoms in total. The van der Waals surface area contributed by atoms with Gasteiger partial charge in [0.25, 0.3) is 0 Å². The zero-order valence-corrected chi connectivity index (χ0v) is 14.4. The molecule has 3 heteroatoms. The lowest BCUT2D eigenvalue weighted by Gasteiger charge is -2.26. The van der Waals surface area contributed by atoms with Gasteiger partial charge in [-0.05, 0) is 48.8 Å². The third kappa shape index (κ3) is 4.71. The van der Waals surface area contributed by atoms with E-state index in [-0.39, 0.29) is 0 Å². The molecule has 0 aromatic heterocycles. The highest BCUT2D eigenvalue weighted by Gasteiger charge is 2.18. The molecule has 0 aliphatic heterocycles. The zero-order valence-electron chi connectivity index (χ0n) is 12.8.